The number of likely N-dealkylation sites (N-methyl/N-ethyl adjacent to an activating group) is 1. The molecule has 0 saturated carbocycles. The monoisotopic (exact) mass is 324 g/mol. The van der Waals surface area contributed by atoms with Crippen molar-refractivity contribution in [3.63, 3.8) is 0 Å². The molecule has 0 aromatic heterocycles. The zero-order valence-corrected chi connectivity index (χ0v) is 12.7. The molecule has 0 aliphatic carbocycles. The molecule has 0 aliphatic rings. The lowest BCUT2D eigenvalue weighted by Gasteiger charge is -2.14. The fraction of sp³-hybridized carbons (Fsp3) is 0.364. The maximum absolute atomic E-state index is 12.1. The van der Waals surface area contributed by atoms with Crippen LogP contribution in [-0.4, -0.2) is 26.9 Å². The molecule has 2 N–H and O–H groups in total. The van der Waals surface area contributed by atoms with Gasteiger partial charge in [-0.25, -0.2) is 8.42 Å². The molecule has 0 aliphatic heterocycles. The number of sulfonamides is 1. The van der Waals surface area contributed by atoms with Crippen molar-refractivity contribution in [1.82, 2.24) is 10.0 Å². The van der Waals surface area contributed by atoms with Crippen LogP contribution in [0.5, 0.6) is 0 Å². The Kier molecular flexibility index (Phi) is 5.61. The van der Waals surface area contributed by atoms with Crippen LogP contribution in [0.4, 0.5) is 0 Å². The summed E-state index contributed by atoms with van der Waals surface area (Å²) in [6, 6.07) is 3.20. The van der Waals surface area contributed by atoms with Crippen LogP contribution in [0.2, 0.25) is 10.0 Å². The highest BCUT2D eigenvalue weighted by Gasteiger charge is 2.23. The van der Waals surface area contributed by atoms with Crippen LogP contribution in [0, 0.1) is 0 Å². The van der Waals surface area contributed by atoms with Gasteiger partial charge in [-0.3, -0.25) is 4.79 Å². The predicted molar refractivity (Wildman–Crippen MR) is 74.9 cm³/mol. The number of rotatable bonds is 5. The Labute approximate surface area is 122 Å². The van der Waals surface area contributed by atoms with Crippen LogP contribution in [0.15, 0.2) is 23.1 Å². The molecule has 19 heavy (non-hydrogen) atoms. The average molecular weight is 325 g/mol. The van der Waals surface area contributed by atoms with Crippen molar-refractivity contribution >= 4 is 39.1 Å². The smallest absolute Gasteiger partial charge is 0.242 e. The Hall–Kier alpha value is -0.820. The van der Waals surface area contributed by atoms with E-state index in [2.05, 4.69) is 10.0 Å². The van der Waals surface area contributed by atoms with Crippen molar-refractivity contribution < 1.29 is 13.2 Å². The van der Waals surface area contributed by atoms with Crippen molar-refractivity contribution in [1.29, 1.82) is 0 Å². The van der Waals surface area contributed by atoms with Crippen molar-refractivity contribution in [3.8, 4) is 0 Å². The highest BCUT2D eigenvalue weighted by Crippen LogP contribution is 2.24. The molecule has 0 spiro atoms. The molecule has 0 heterocycles. The summed E-state index contributed by atoms with van der Waals surface area (Å²) in [6.07, 6.45) is 0. The first kappa shape index (κ1) is 16.2. The lowest BCUT2D eigenvalue weighted by Crippen LogP contribution is -2.44. The molecule has 1 amide bonds. The summed E-state index contributed by atoms with van der Waals surface area (Å²) in [5, 5.41) is 2.81. The summed E-state index contributed by atoms with van der Waals surface area (Å²) >= 11 is 11.6. The number of halogens is 2. The minimum absolute atomic E-state index is 0.0417. The first-order chi connectivity index (χ1) is 8.77. The second-order valence-corrected chi connectivity index (χ2v) is 6.34. The van der Waals surface area contributed by atoms with Gasteiger partial charge < -0.3 is 5.32 Å². The Bertz CT molecular complexity index is 575. The maximum atomic E-state index is 12.1. The van der Waals surface area contributed by atoms with Gasteiger partial charge in [0.15, 0.2) is 0 Å². The van der Waals surface area contributed by atoms with Crippen molar-refractivity contribution in [2.45, 2.75) is 24.8 Å². The summed E-state index contributed by atoms with van der Waals surface area (Å²) < 4.78 is 26.4. The van der Waals surface area contributed by atoms with Crippen molar-refractivity contribution in [2.24, 2.45) is 0 Å². The van der Waals surface area contributed by atoms with Gasteiger partial charge >= 0.3 is 0 Å². The SMILES string of the molecule is CCNC(=O)[C@@H](C)NS(=O)(=O)c1cc(Cl)ccc1Cl. The van der Waals surface area contributed by atoms with Gasteiger partial charge in [-0.15, -0.1) is 0 Å². The summed E-state index contributed by atoms with van der Waals surface area (Å²) in [7, 11) is -3.90. The largest absolute Gasteiger partial charge is 0.355 e. The molecule has 0 saturated heterocycles. The van der Waals surface area contributed by atoms with E-state index in [1.807, 2.05) is 0 Å². The Morgan fingerprint density at radius 2 is 2.00 bits per heavy atom. The minimum Gasteiger partial charge on any atom is -0.355 e. The van der Waals surface area contributed by atoms with Crippen LogP contribution in [0.25, 0.3) is 0 Å². The van der Waals surface area contributed by atoms with Crippen LogP contribution < -0.4 is 10.0 Å². The van der Waals surface area contributed by atoms with Gasteiger partial charge in [0.25, 0.3) is 0 Å². The number of nitrogens with one attached hydrogen (secondary N) is 2. The molecule has 1 aromatic rings. The van der Waals surface area contributed by atoms with E-state index in [1.165, 1.54) is 25.1 Å². The van der Waals surface area contributed by atoms with E-state index in [1.54, 1.807) is 6.92 Å². The Balaban J connectivity index is 2.99. The van der Waals surface area contributed by atoms with Gasteiger partial charge in [0.1, 0.15) is 4.90 Å². The lowest BCUT2D eigenvalue weighted by molar-refractivity contribution is -0.122. The third kappa shape index (κ3) is 4.35. The molecule has 0 fully saturated rings. The van der Waals surface area contributed by atoms with E-state index in [4.69, 9.17) is 23.2 Å². The third-order valence-electron chi connectivity index (χ3n) is 2.26. The van der Waals surface area contributed by atoms with Crippen LogP contribution in [0.1, 0.15) is 13.8 Å². The number of hydrogen-bond acceptors (Lipinski definition) is 3. The molecular formula is C11H14Cl2N2O3S. The third-order valence-corrected chi connectivity index (χ3v) is 4.52. The summed E-state index contributed by atoms with van der Waals surface area (Å²) in [5.74, 6) is -0.413. The summed E-state index contributed by atoms with van der Waals surface area (Å²) in [6.45, 7) is 3.61. The minimum atomic E-state index is -3.90. The maximum Gasteiger partial charge on any atom is 0.242 e. The van der Waals surface area contributed by atoms with Gasteiger partial charge in [-0.1, -0.05) is 23.2 Å². The molecule has 1 rings (SSSR count). The zero-order valence-electron chi connectivity index (χ0n) is 10.4. The lowest BCUT2D eigenvalue weighted by atomic mass is 10.3. The second kappa shape index (κ2) is 6.56. The first-order valence-corrected chi connectivity index (χ1v) is 7.77. The average Bonchev–Trinajstić information content (AvgIpc) is 2.31. The normalized spacial score (nSPS) is 13.1. The van der Waals surface area contributed by atoms with Crippen LogP contribution in [-0.2, 0) is 14.8 Å². The highest BCUT2D eigenvalue weighted by molar-refractivity contribution is 7.89. The van der Waals surface area contributed by atoms with Gasteiger partial charge in [0.05, 0.1) is 11.1 Å². The molecular weight excluding hydrogens is 311 g/mol. The highest BCUT2D eigenvalue weighted by atomic mass is 35.5. The quantitative estimate of drug-likeness (QED) is 0.867. The van der Waals surface area contributed by atoms with Crippen LogP contribution in [0.3, 0.4) is 0 Å². The fourth-order valence-electron chi connectivity index (χ4n) is 1.36. The molecule has 8 heteroatoms. The Morgan fingerprint density at radius 1 is 1.37 bits per heavy atom. The first-order valence-electron chi connectivity index (χ1n) is 5.53. The van der Waals surface area contributed by atoms with E-state index < -0.39 is 22.0 Å². The second-order valence-electron chi connectivity index (χ2n) is 3.81. The number of carbonyl (C=O) groups is 1. The van der Waals surface area contributed by atoms with E-state index in [0.717, 1.165) is 0 Å². The van der Waals surface area contributed by atoms with Crippen LogP contribution >= 0.6 is 23.2 Å². The predicted octanol–water partition coefficient (Wildman–Crippen LogP) is 1.80. The molecule has 0 radical (unpaired) electrons. The standard InChI is InChI=1S/C11H14Cl2N2O3S/c1-3-14-11(16)7(2)15-19(17,18)10-6-8(12)4-5-9(10)13/h4-7,15H,3H2,1-2H3,(H,14,16)/t7-/m1/s1. The molecule has 1 aromatic carbocycles. The van der Waals surface area contributed by atoms with Crippen molar-refractivity contribution in [3.05, 3.63) is 28.2 Å². The number of amides is 1. The molecule has 5 nitrogen and oxygen atoms in total. The zero-order chi connectivity index (χ0) is 14.6. The van der Waals surface area contributed by atoms with Crippen molar-refractivity contribution in [2.75, 3.05) is 6.54 Å². The van der Waals surface area contributed by atoms with Gasteiger partial charge in [0.2, 0.25) is 15.9 Å². The molecule has 0 bridgehead atoms. The van der Waals surface area contributed by atoms with E-state index in [0.29, 0.717) is 6.54 Å². The fourth-order valence-corrected chi connectivity index (χ4v) is 3.33. The van der Waals surface area contributed by atoms with Gasteiger partial charge in [-0.2, -0.15) is 4.72 Å². The Morgan fingerprint density at radius 3 is 2.58 bits per heavy atom. The number of carbonyl (C=O) groups excluding carboxylic acids is 1. The van der Waals surface area contributed by atoms with Gasteiger partial charge in [0, 0.05) is 11.6 Å². The molecule has 1 atom stereocenters. The summed E-state index contributed by atoms with van der Waals surface area (Å²) in [4.78, 5) is 11.4. The van der Waals surface area contributed by atoms with E-state index in [-0.39, 0.29) is 14.9 Å². The molecule has 0 unspecified atom stereocenters. The van der Waals surface area contributed by atoms with E-state index >= 15 is 0 Å². The summed E-state index contributed by atoms with van der Waals surface area (Å²) in [5.41, 5.74) is 0. The van der Waals surface area contributed by atoms with Gasteiger partial charge in [-0.05, 0) is 32.0 Å². The number of benzene rings is 1. The van der Waals surface area contributed by atoms with E-state index in [9.17, 15) is 13.2 Å². The number of hydrogen-bond donors (Lipinski definition) is 2. The topological polar surface area (TPSA) is 75.3 Å². The molecule has 106 valence electrons.